The van der Waals surface area contributed by atoms with Crippen LogP contribution in [0.5, 0.6) is 5.75 Å². The van der Waals surface area contributed by atoms with Crippen LogP contribution in [0.25, 0.3) is 11.5 Å². The van der Waals surface area contributed by atoms with Crippen LogP contribution in [0.3, 0.4) is 0 Å². The van der Waals surface area contributed by atoms with Crippen molar-refractivity contribution in [1.29, 1.82) is 0 Å². The van der Waals surface area contributed by atoms with Gasteiger partial charge in [-0.2, -0.15) is 0 Å². The van der Waals surface area contributed by atoms with Gasteiger partial charge in [0, 0.05) is 12.3 Å². The summed E-state index contributed by atoms with van der Waals surface area (Å²) in [4.78, 5) is 26.0. The number of hydrogen-bond acceptors (Lipinski definition) is 7. The largest absolute Gasteiger partial charge is 0.493 e. The number of benzene rings is 2. The summed E-state index contributed by atoms with van der Waals surface area (Å²) < 4.78 is 11.3. The summed E-state index contributed by atoms with van der Waals surface area (Å²) in [6, 6.07) is 14.4. The van der Waals surface area contributed by atoms with Gasteiger partial charge in [-0.05, 0) is 37.6 Å². The second kappa shape index (κ2) is 8.48. The summed E-state index contributed by atoms with van der Waals surface area (Å²) in [5.41, 5.74) is 1.69. The molecule has 2 heterocycles. The molecule has 1 aliphatic heterocycles. The molecule has 1 aromatic heterocycles. The number of imide groups is 1. The highest BCUT2D eigenvalue weighted by molar-refractivity contribution is 7.99. The first kappa shape index (κ1) is 19.2. The van der Waals surface area contributed by atoms with Gasteiger partial charge in [-0.25, -0.2) is 0 Å². The molecule has 0 spiro atoms. The van der Waals surface area contributed by atoms with Crippen molar-refractivity contribution in [1.82, 2.24) is 15.1 Å². The number of para-hydroxylation sites is 1. The van der Waals surface area contributed by atoms with E-state index in [0.29, 0.717) is 53.3 Å². The van der Waals surface area contributed by atoms with Crippen molar-refractivity contribution in [3.05, 3.63) is 59.7 Å². The molecule has 4 rings (SSSR count). The lowest BCUT2D eigenvalue weighted by Gasteiger charge is -2.12. The van der Waals surface area contributed by atoms with Crippen LogP contribution in [0.2, 0.25) is 0 Å². The molecular formula is C21H19N3O4S. The molecule has 0 aliphatic carbocycles. The number of carbonyl (C=O) groups is 2. The van der Waals surface area contributed by atoms with Gasteiger partial charge in [0.05, 0.1) is 23.3 Å². The fourth-order valence-electron chi connectivity index (χ4n) is 3.13. The van der Waals surface area contributed by atoms with E-state index in [4.69, 9.17) is 9.15 Å². The average Bonchev–Trinajstić information content (AvgIpc) is 3.31. The minimum absolute atomic E-state index is 0.233. The monoisotopic (exact) mass is 409 g/mol. The zero-order valence-corrected chi connectivity index (χ0v) is 16.6. The van der Waals surface area contributed by atoms with E-state index in [-0.39, 0.29) is 11.8 Å². The van der Waals surface area contributed by atoms with E-state index >= 15 is 0 Å². The third-order valence-corrected chi connectivity index (χ3v) is 5.36. The van der Waals surface area contributed by atoms with E-state index < -0.39 is 0 Å². The number of rotatable bonds is 8. The van der Waals surface area contributed by atoms with Crippen LogP contribution < -0.4 is 4.74 Å². The number of carbonyl (C=O) groups excluding carboxylic acids is 2. The average molecular weight is 409 g/mol. The first-order chi connectivity index (χ1) is 14.2. The molecule has 0 bridgehead atoms. The third kappa shape index (κ3) is 3.88. The Morgan fingerprint density at radius 2 is 1.62 bits per heavy atom. The van der Waals surface area contributed by atoms with Crippen LogP contribution in [0.15, 0.2) is 58.2 Å². The molecule has 0 radical (unpaired) electrons. The van der Waals surface area contributed by atoms with Crippen molar-refractivity contribution in [2.75, 3.05) is 18.9 Å². The highest BCUT2D eigenvalue weighted by Crippen LogP contribution is 2.31. The molecule has 0 atom stereocenters. The van der Waals surface area contributed by atoms with Gasteiger partial charge in [0.15, 0.2) is 0 Å². The molecule has 3 aromatic rings. The van der Waals surface area contributed by atoms with Crippen molar-refractivity contribution in [2.24, 2.45) is 0 Å². The minimum atomic E-state index is -0.233. The van der Waals surface area contributed by atoms with Gasteiger partial charge in [-0.15, -0.1) is 10.2 Å². The molecule has 0 unspecified atom stereocenters. The number of ether oxygens (including phenoxy) is 1. The quantitative estimate of drug-likeness (QED) is 0.317. The minimum Gasteiger partial charge on any atom is -0.493 e. The predicted molar refractivity (Wildman–Crippen MR) is 108 cm³/mol. The van der Waals surface area contributed by atoms with Gasteiger partial charge < -0.3 is 9.15 Å². The maximum Gasteiger partial charge on any atom is 0.276 e. The van der Waals surface area contributed by atoms with Crippen molar-refractivity contribution in [3.63, 3.8) is 0 Å². The normalized spacial score (nSPS) is 13.1. The SMILES string of the molecule is CCOc1ccccc1-c1nnc(SCCCN2C(=O)c3ccccc3C2=O)o1. The fraction of sp³-hybridized carbons (Fsp3) is 0.238. The summed E-state index contributed by atoms with van der Waals surface area (Å²) in [5.74, 6) is 1.27. The lowest BCUT2D eigenvalue weighted by Crippen LogP contribution is -2.30. The summed E-state index contributed by atoms with van der Waals surface area (Å²) in [7, 11) is 0. The molecule has 2 amide bonds. The number of hydrogen-bond donors (Lipinski definition) is 0. The van der Waals surface area contributed by atoms with Crippen LogP contribution in [-0.2, 0) is 0 Å². The topological polar surface area (TPSA) is 85.5 Å². The van der Waals surface area contributed by atoms with Crippen LogP contribution >= 0.6 is 11.8 Å². The predicted octanol–water partition coefficient (Wildman–Crippen LogP) is 3.91. The molecule has 0 N–H and O–H groups in total. The van der Waals surface area contributed by atoms with Crippen molar-refractivity contribution < 1.29 is 18.7 Å². The Hall–Kier alpha value is -3.13. The van der Waals surface area contributed by atoms with Crippen molar-refractivity contribution in [2.45, 2.75) is 18.6 Å². The van der Waals surface area contributed by atoms with Gasteiger partial charge in [0.1, 0.15) is 5.75 Å². The second-order valence-corrected chi connectivity index (χ2v) is 7.36. The maximum absolute atomic E-state index is 12.4. The van der Waals surface area contributed by atoms with E-state index in [1.807, 2.05) is 31.2 Å². The third-order valence-electron chi connectivity index (χ3n) is 4.45. The molecule has 148 valence electrons. The van der Waals surface area contributed by atoms with Gasteiger partial charge >= 0.3 is 0 Å². The van der Waals surface area contributed by atoms with Crippen LogP contribution in [0.1, 0.15) is 34.1 Å². The summed E-state index contributed by atoms with van der Waals surface area (Å²) in [5, 5.41) is 8.61. The van der Waals surface area contributed by atoms with E-state index in [9.17, 15) is 9.59 Å². The Morgan fingerprint density at radius 3 is 2.31 bits per heavy atom. The Balaban J connectivity index is 1.33. The summed E-state index contributed by atoms with van der Waals surface area (Å²) >= 11 is 1.39. The molecular weight excluding hydrogens is 390 g/mol. The molecule has 8 heteroatoms. The fourth-order valence-corrected chi connectivity index (χ4v) is 3.81. The molecule has 0 fully saturated rings. The smallest absolute Gasteiger partial charge is 0.276 e. The van der Waals surface area contributed by atoms with Gasteiger partial charge in [-0.1, -0.05) is 36.0 Å². The number of nitrogens with zero attached hydrogens (tertiary/aromatic N) is 3. The van der Waals surface area contributed by atoms with Gasteiger partial charge in [0.2, 0.25) is 0 Å². The van der Waals surface area contributed by atoms with E-state index in [0.717, 1.165) is 5.56 Å². The number of amides is 2. The van der Waals surface area contributed by atoms with E-state index in [2.05, 4.69) is 10.2 Å². The first-order valence-corrected chi connectivity index (χ1v) is 10.3. The summed E-state index contributed by atoms with van der Waals surface area (Å²) in [6.45, 7) is 2.82. The van der Waals surface area contributed by atoms with E-state index in [1.165, 1.54) is 16.7 Å². The Labute approximate surface area is 172 Å². The van der Waals surface area contributed by atoms with Crippen molar-refractivity contribution in [3.8, 4) is 17.2 Å². The number of thioether (sulfide) groups is 1. The molecule has 29 heavy (non-hydrogen) atoms. The highest BCUT2D eigenvalue weighted by atomic mass is 32.2. The summed E-state index contributed by atoms with van der Waals surface area (Å²) in [6.07, 6.45) is 0.628. The molecule has 0 saturated heterocycles. The standard InChI is InChI=1S/C21H19N3O4S/c1-2-27-17-11-6-5-10-16(17)18-22-23-21(28-18)29-13-7-12-24-19(25)14-8-3-4-9-15(14)20(24)26/h3-6,8-11H,2,7,12-13H2,1H3. The van der Waals surface area contributed by atoms with Crippen LogP contribution in [0, 0.1) is 0 Å². The lowest BCUT2D eigenvalue weighted by molar-refractivity contribution is 0.0655. The molecule has 0 saturated carbocycles. The second-order valence-electron chi connectivity index (χ2n) is 6.31. The first-order valence-electron chi connectivity index (χ1n) is 9.32. The zero-order chi connectivity index (χ0) is 20.2. The van der Waals surface area contributed by atoms with Crippen LogP contribution in [0.4, 0.5) is 0 Å². The van der Waals surface area contributed by atoms with Crippen LogP contribution in [-0.4, -0.2) is 45.8 Å². The zero-order valence-electron chi connectivity index (χ0n) is 15.8. The Kier molecular flexibility index (Phi) is 5.62. The highest BCUT2D eigenvalue weighted by Gasteiger charge is 2.34. The maximum atomic E-state index is 12.4. The molecule has 2 aromatic carbocycles. The van der Waals surface area contributed by atoms with Gasteiger partial charge in [-0.3, -0.25) is 14.5 Å². The van der Waals surface area contributed by atoms with Gasteiger partial charge in [0.25, 0.3) is 22.9 Å². The molecule has 1 aliphatic rings. The molecule has 7 nitrogen and oxygen atoms in total. The lowest BCUT2D eigenvalue weighted by atomic mass is 10.1. The Bertz CT molecular complexity index is 1010. The number of aromatic nitrogens is 2. The van der Waals surface area contributed by atoms with Crippen molar-refractivity contribution >= 4 is 23.6 Å². The number of fused-ring (bicyclic) bond motifs is 1. The Morgan fingerprint density at radius 1 is 0.966 bits per heavy atom. The van der Waals surface area contributed by atoms with E-state index in [1.54, 1.807) is 24.3 Å².